The number of nitrogens with zero attached hydrogens (tertiary/aromatic N) is 1. The van der Waals surface area contributed by atoms with Crippen molar-refractivity contribution in [3.63, 3.8) is 0 Å². The summed E-state index contributed by atoms with van der Waals surface area (Å²) >= 11 is 0. The number of ketones is 1. The molecule has 3 unspecified atom stereocenters. The van der Waals surface area contributed by atoms with E-state index < -0.39 is 17.9 Å². The van der Waals surface area contributed by atoms with Crippen molar-refractivity contribution in [3.05, 3.63) is 58.7 Å². The number of likely N-dealkylation sites (tertiary alicyclic amines) is 1. The van der Waals surface area contributed by atoms with Gasteiger partial charge in [0.15, 0.2) is 0 Å². The van der Waals surface area contributed by atoms with Crippen LogP contribution in [0, 0.1) is 24.2 Å². The zero-order valence-electron chi connectivity index (χ0n) is 22.2. The molecule has 1 saturated carbocycles. The monoisotopic (exact) mass is 520 g/mol. The van der Waals surface area contributed by atoms with Crippen LogP contribution in [-0.4, -0.2) is 60.2 Å². The third-order valence-corrected chi connectivity index (χ3v) is 7.68. The van der Waals surface area contributed by atoms with Crippen LogP contribution in [0.25, 0.3) is 0 Å². The molecule has 1 aliphatic carbocycles. The van der Waals surface area contributed by atoms with Crippen LogP contribution in [0.1, 0.15) is 61.5 Å². The van der Waals surface area contributed by atoms with Crippen molar-refractivity contribution in [1.29, 1.82) is 0 Å². The van der Waals surface area contributed by atoms with Crippen molar-refractivity contribution in [1.82, 2.24) is 10.2 Å². The van der Waals surface area contributed by atoms with E-state index in [2.05, 4.69) is 10.2 Å². The number of nitrogens with one attached hydrogen (secondary N) is 1. The summed E-state index contributed by atoms with van der Waals surface area (Å²) in [7, 11) is 0. The normalized spacial score (nSPS) is 22.9. The van der Waals surface area contributed by atoms with Gasteiger partial charge in [-0.25, -0.2) is 0 Å². The number of alkyl halides is 3. The van der Waals surface area contributed by atoms with Gasteiger partial charge in [0.1, 0.15) is 5.78 Å². The highest BCUT2D eigenvalue weighted by molar-refractivity contribution is 5.94. The lowest BCUT2D eigenvalue weighted by Gasteiger charge is -2.23. The summed E-state index contributed by atoms with van der Waals surface area (Å²) in [4.78, 5) is 26.9. The van der Waals surface area contributed by atoms with Crippen molar-refractivity contribution in [2.45, 2.75) is 65.7 Å². The number of halogens is 3. The van der Waals surface area contributed by atoms with Crippen molar-refractivity contribution < 1.29 is 27.9 Å². The van der Waals surface area contributed by atoms with Crippen LogP contribution in [0.4, 0.5) is 13.2 Å². The summed E-state index contributed by atoms with van der Waals surface area (Å²) in [6.07, 6.45) is 2.09. The van der Waals surface area contributed by atoms with Gasteiger partial charge in [0.25, 0.3) is 5.91 Å². The fourth-order valence-corrected chi connectivity index (χ4v) is 5.01. The Morgan fingerprint density at radius 2 is 2.03 bits per heavy atom. The molecule has 5 nitrogen and oxygen atoms in total. The minimum absolute atomic E-state index is 0.0593. The number of hydrogen-bond donors (Lipinski definition) is 2. The number of piperidine rings is 1. The Kier molecular flexibility index (Phi) is 9.40. The number of hydrogen-bond acceptors (Lipinski definition) is 4. The summed E-state index contributed by atoms with van der Waals surface area (Å²) in [6, 6.07) is 5.37. The standard InChI is InChI=1S/C29H39F3N2O3/c1-19(2)26(36)14-23-13-22(9-8-20(23)3)27(37)33-12-10-25(35)17-34-16-24-15-28(24,18-34)11-6-5-7-21(4)29(30,31)32/h5-9,13,19,24-25,35H,10-12,14-18H2,1-4H3,(H,33,37)/b6-5-,21-7+. The average Bonchev–Trinajstić information content (AvgIpc) is 3.36. The molecule has 2 N–H and O–H groups in total. The molecule has 1 aliphatic heterocycles. The highest BCUT2D eigenvalue weighted by atomic mass is 19.4. The van der Waals surface area contributed by atoms with Crippen molar-refractivity contribution in [3.8, 4) is 0 Å². The van der Waals surface area contributed by atoms with Crippen LogP contribution < -0.4 is 5.32 Å². The molecule has 1 aromatic carbocycles. The molecular formula is C29H39F3N2O3. The van der Waals surface area contributed by atoms with Crippen LogP contribution in [0.15, 0.2) is 42.0 Å². The van der Waals surface area contributed by atoms with Crippen LogP contribution in [0.2, 0.25) is 0 Å². The number of Topliss-reactive ketones (excluding diaryl/α,β-unsaturated/α-hetero) is 1. The van der Waals surface area contributed by atoms with E-state index in [1.165, 1.54) is 6.08 Å². The molecule has 1 saturated heterocycles. The van der Waals surface area contributed by atoms with Crippen LogP contribution in [0.5, 0.6) is 0 Å². The zero-order chi connectivity index (χ0) is 27.4. The van der Waals surface area contributed by atoms with Gasteiger partial charge in [-0.15, -0.1) is 0 Å². The van der Waals surface area contributed by atoms with Gasteiger partial charge in [-0.05, 0) is 67.7 Å². The fourth-order valence-electron chi connectivity index (χ4n) is 5.01. The molecule has 37 heavy (non-hydrogen) atoms. The summed E-state index contributed by atoms with van der Waals surface area (Å²) < 4.78 is 37.7. The fraction of sp³-hybridized carbons (Fsp3) is 0.586. The van der Waals surface area contributed by atoms with E-state index in [1.807, 2.05) is 32.9 Å². The molecule has 8 heteroatoms. The molecule has 1 amide bonds. The Balaban J connectivity index is 1.40. The molecule has 2 fully saturated rings. The second kappa shape index (κ2) is 11.9. The number of β-amino-alcohol motifs (C(OH)–C–C–N with tert-alkyl or cyclic N) is 1. The van der Waals surface area contributed by atoms with Crippen molar-refractivity contribution in [2.24, 2.45) is 17.3 Å². The lowest BCUT2D eigenvalue weighted by molar-refractivity contribution is -0.121. The highest BCUT2D eigenvalue weighted by Gasteiger charge is 2.58. The Hall–Kier alpha value is -2.45. The number of allylic oxidation sites excluding steroid dienone is 4. The van der Waals surface area contributed by atoms with E-state index in [1.54, 1.807) is 12.1 Å². The molecule has 0 radical (unpaired) electrons. The number of amides is 1. The SMILES string of the molecule is C/C(=C\C=C/CC12CC1CN(CC(O)CCNC(=O)c1ccc(C)c(CC(=O)C(C)C)c1)C2)C(F)(F)F. The first-order valence-electron chi connectivity index (χ1n) is 13.0. The van der Waals surface area contributed by atoms with Crippen LogP contribution >= 0.6 is 0 Å². The minimum Gasteiger partial charge on any atom is -0.392 e. The van der Waals surface area contributed by atoms with Gasteiger partial charge >= 0.3 is 6.18 Å². The summed E-state index contributed by atoms with van der Waals surface area (Å²) in [6.45, 7) is 9.28. The Labute approximate surface area is 217 Å². The molecule has 3 rings (SSSR count). The van der Waals surface area contributed by atoms with E-state index >= 15 is 0 Å². The van der Waals surface area contributed by atoms with Gasteiger partial charge < -0.3 is 10.4 Å². The maximum absolute atomic E-state index is 12.6. The van der Waals surface area contributed by atoms with E-state index in [9.17, 15) is 27.9 Å². The average molecular weight is 521 g/mol. The predicted octanol–water partition coefficient (Wildman–Crippen LogP) is 5.02. The number of fused-ring (bicyclic) bond motifs is 1. The molecule has 0 aromatic heterocycles. The lowest BCUT2D eigenvalue weighted by Crippen LogP contribution is -2.35. The first-order chi connectivity index (χ1) is 17.3. The number of carbonyl (C=O) groups is 2. The third kappa shape index (κ3) is 8.01. The van der Waals surface area contributed by atoms with Gasteiger partial charge in [-0.3, -0.25) is 14.5 Å². The summed E-state index contributed by atoms with van der Waals surface area (Å²) in [5, 5.41) is 13.4. The van der Waals surface area contributed by atoms with Gasteiger partial charge in [-0.2, -0.15) is 13.2 Å². The van der Waals surface area contributed by atoms with E-state index in [4.69, 9.17) is 0 Å². The molecule has 0 spiro atoms. The van der Waals surface area contributed by atoms with Gasteiger partial charge in [0, 0.05) is 49.7 Å². The molecular weight excluding hydrogens is 481 g/mol. The molecule has 1 aromatic rings. The zero-order valence-corrected chi connectivity index (χ0v) is 22.2. The Morgan fingerprint density at radius 1 is 1.30 bits per heavy atom. The quantitative estimate of drug-likeness (QED) is 0.380. The molecule has 3 atom stereocenters. The lowest BCUT2D eigenvalue weighted by atomic mass is 9.96. The number of aliphatic hydroxyl groups is 1. The highest BCUT2D eigenvalue weighted by Crippen LogP contribution is 2.60. The number of rotatable bonds is 12. The van der Waals surface area contributed by atoms with Gasteiger partial charge in [0.2, 0.25) is 0 Å². The predicted molar refractivity (Wildman–Crippen MR) is 138 cm³/mol. The third-order valence-electron chi connectivity index (χ3n) is 7.68. The number of aliphatic hydroxyl groups excluding tert-OH is 1. The Bertz CT molecular complexity index is 1050. The second-order valence-corrected chi connectivity index (χ2v) is 11.1. The number of aryl methyl sites for hydroxylation is 1. The number of benzene rings is 1. The molecule has 2 aliphatic rings. The Morgan fingerprint density at radius 3 is 2.70 bits per heavy atom. The topological polar surface area (TPSA) is 69.6 Å². The van der Waals surface area contributed by atoms with Gasteiger partial charge in [-0.1, -0.05) is 38.1 Å². The van der Waals surface area contributed by atoms with Gasteiger partial charge in [0.05, 0.1) is 6.10 Å². The summed E-state index contributed by atoms with van der Waals surface area (Å²) in [5.41, 5.74) is 1.84. The molecule has 204 valence electrons. The maximum Gasteiger partial charge on any atom is 0.412 e. The minimum atomic E-state index is -4.29. The first-order valence-corrected chi connectivity index (χ1v) is 13.0. The molecule has 0 bridgehead atoms. The largest absolute Gasteiger partial charge is 0.412 e. The van der Waals surface area contributed by atoms with Crippen LogP contribution in [0.3, 0.4) is 0 Å². The van der Waals surface area contributed by atoms with Crippen molar-refractivity contribution in [2.75, 3.05) is 26.2 Å². The van der Waals surface area contributed by atoms with E-state index in [0.29, 0.717) is 37.4 Å². The number of carbonyl (C=O) groups excluding carboxylic acids is 2. The van der Waals surface area contributed by atoms with E-state index in [-0.39, 0.29) is 23.0 Å². The first kappa shape index (κ1) is 29.1. The van der Waals surface area contributed by atoms with Crippen LogP contribution in [-0.2, 0) is 11.2 Å². The maximum atomic E-state index is 12.6. The molecule has 1 heterocycles. The smallest absolute Gasteiger partial charge is 0.392 e. The summed E-state index contributed by atoms with van der Waals surface area (Å²) in [5.74, 6) is 0.369. The second-order valence-electron chi connectivity index (χ2n) is 11.1. The van der Waals surface area contributed by atoms with Crippen molar-refractivity contribution >= 4 is 11.7 Å². The van der Waals surface area contributed by atoms with E-state index in [0.717, 1.165) is 50.1 Å².